The number of unbranched alkanes of at least 4 members (excludes halogenated alkanes) is 1. The standard InChI is InChI=1S/C15H23N/c1-4-6-7-12-15(16-3)14-11-9-8-10-13(14)5-2/h4,8-11,15-16H,1,5-7,12H2,2-3H3. The van der Waals surface area contributed by atoms with Crippen molar-refractivity contribution in [3.63, 3.8) is 0 Å². The highest BCUT2D eigenvalue weighted by Crippen LogP contribution is 2.23. The summed E-state index contributed by atoms with van der Waals surface area (Å²) in [5.41, 5.74) is 2.91. The van der Waals surface area contributed by atoms with Gasteiger partial charge in [0, 0.05) is 6.04 Å². The van der Waals surface area contributed by atoms with E-state index in [1.807, 2.05) is 13.1 Å². The van der Waals surface area contributed by atoms with Gasteiger partial charge in [-0.15, -0.1) is 6.58 Å². The van der Waals surface area contributed by atoms with Crippen molar-refractivity contribution in [2.75, 3.05) is 7.05 Å². The lowest BCUT2D eigenvalue weighted by Crippen LogP contribution is -2.17. The molecule has 1 aromatic carbocycles. The smallest absolute Gasteiger partial charge is 0.0320 e. The minimum absolute atomic E-state index is 0.482. The van der Waals surface area contributed by atoms with E-state index < -0.39 is 0 Å². The molecule has 0 aliphatic rings. The van der Waals surface area contributed by atoms with E-state index in [9.17, 15) is 0 Å². The van der Waals surface area contributed by atoms with Gasteiger partial charge in [0.05, 0.1) is 0 Å². The van der Waals surface area contributed by atoms with Gasteiger partial charge in [0.2, 0.25) is 0 Å². The number of hydrogen-bond acceptors (Lipinski definition) is 1. The monoisotopic (exact) mass is 217 g/mol. The zero-order valence-electron chi connectivity index (χ0n) is 10.5. The summed E-state index contributed by atoms with van der Waals surface area (Å²) in [5.74, 6) is 0. The molecule has 0 aromatic heterocycles. The molecule has 1 aromatic rings. The molecule has 1 unspecified atom stereocenters. The summed E-state index contributed by atoms with van der Waals surface area (Å²) in [6.07, 6.45) is 6.59. The fraction of sp³-hybridized carbons (Fsp3) is 0.467. The fourth-order valence-corrected chi connectivity index (χ4v) is 2.12. The van der Waals surface area contributed by atoms with Gasteiger partial charge in [-0.25, -0.2) is 0 Å². The van der Waals surface area contributed by atoms with Crippen LogP contribution in [0.5, 0.6) is 0 Å². The van der Waals surface area contributed by atoms with Crippen molar-refractivity contribution in [1.82, 2.24) is 5.32 Å². The molecule has 0 radical (unpaired) electrons. The summed E-state index contributed by atoms with van der Waals surface area (Å²) in [7, 11) is 2.05. The lowest BCUT2D eigenvalue weighted by Gasteiger charge is -2.19. The quantitative estimate of drug-likeness (QED) is 0.540. The Morgan fingerprint density at radius 1 is 1.38 bits per heavy atom. The van der Waals surface area contributed by atoms with Crippen LogP contribution in [-0.4, -0.2) is 7.05 Å². The molecule has 16 heavy (non-hydrogen) atoms. The maximum absolute atomic E-state index is 3.77. The van der Waals surface area contributed by atoms with Crippen molar-refractivity contribution in [1.29, 1.82) is 0 Å². The molecule has 1 atom stereocenters. The van der Waals surface area contributed by atoms with Crippen LogP contribution in [0.25, 0.3) is 0 Å². The van der Waals surface area contributed by atoms with Crippen LogP contribution in [-0.2, 0) is 6.42 Å². The maximum atomic E-state index is 3.77. The normalized spacial score (nSPS) is 12.4. The van der Waals surface area contributed by atoms with Crippen LogP contribution < -0.4 is 5.32 Å². The van der Waals surface area contributed by atoms with Gasteiger partial charge in [-0.2, -0.15) is 0 Å². The maximum Gasteiger partial charge on any atom is 0.0320 e. The van der Waals surface area contributed by atoms with Gasteiger partial charge in [-0.3, -0.25) is 0 Å². The third kappa shape index (κ3) is 3.49. The highest BCUT2D eigenvalue weighted by Gasteiger charge is 2.11. The first kappa shape index (κ1) is 13.0. The highest BCUT2D eigenvalue weighted by atomic mass is 14.9. The number of benzene rings is 1. The summed E-state index contributed by atoms with van der Waals surface area (Å²) in [5, 5.41) is 3.42. The van der Waals surface area contributed by atoms with Gasteiger partial charge in [-0.1, -0.05) is 37.3 Å². The summed E-state index contributed by atoms with van der Waals surface area (Å²) >= 11 is 0. The summed E-state index contributed by atoms with van der Waals surface area (Å²) in [4.78, 5) is 0. The molecule has 0 aliphatic carbocycles. The van der Waals surface area contributed by atoms with Crippen molar-refractivity contribution in [3.05, 3.63) is 48.0 Å². The number of aryl methyl sites for hydroxylation is 1. The van der Waals surface area contributed by atoms with Crippen molar-refractivity contribution >= 4 is 0 Å². The Labute approximate surface area is 99.6 Å². The molecule has 0 amide bonds. The third-order valence-electron chi connectivity index (χ3n) is 3.06. The predicted molar refractivity (Wildman–Crippen MR) is 71.7 cm³/mol. The minimum Gasteiger partial charge on any atom is -0.313 e. The van der Waals surface area contributed by atoms with Crippen LogP contribution in [0.1, 0.15) is 43.4 Å². The lowest BCUT2D eigenvalue weighted by molar-refractivity contribution is 0.526. The first-order valence-electron chi connectivity index (χ1n) is 6.19. The van der Waals surface area contributed by atoms with Crippen molar-refractivity contribution < 1.29 is 0 Å². The molecule has 1 heteroatoms. The van der Waals surface area contributed by atoms with Gasteiger partial charge in [0.25, 0.3) is 0 Å². The predicted octanol–water partition coefficient (Wildman–Crippen LogP) is 3.87. The number of hydrogen-bond donors (Lipinski definition) is 1. The molecular formula is C15H23N. The van der Waals surface area contributed by atoms with Crippen LogP contribution in [0.3, 0.4) is 0 Å². The SMILES string of the molecule is C=CCCCC(NC)c1ccccc1CC. The average molecular weight is 217 g/mol. The summed E-state index contributed by atoms with van der Waals surface area (Å²) in [6.45, 7) is 5.99. The largest absolute Gasteiger partial charge is 0.313 e. The zero-order chi connectivity index (χ0) is 11.8. The molecule has 0 heterocycles. The Balaban J connectivity index is 2.73. The molecule has 0 spiro atoms. The van der Waals surface area contributed by atoms with Crippen LogP contribution in [0, 0.1) is 0 Å². The van der Waals surface area contributed by atoms with E-state index in [1.165, 1.54) is 24.0 Å². The van der Waals surface area contributed by atoms with Gasteiger partial charge < -0.3 is 5.32 Å². The Morgan fingerprint density at radius 2 is 2.12 bits per heavy atom. The van der Waals surface area contributed by atoms with E-state index in [4.69, 9.17) is 0 Å². The number of allylic oxidation sites excluding steroid dienone is 1. The highest BCUT2D eigenvalue weighted by molar-refractivity contribution is 5.29. The van der Waals surface area contributed by atoms with Crippen LogP contribution >= 0.6 is 0 Å². The van der Waals surface area contributed by atoms with Gasteiger partial charge in [0.15, 0.2) is 0 Å². The molecule has 0 saturated carbocycles. The summed E-state index contributed by atoms with van der Waals surface area (Å²) < 4.78 is 0. The van der Waals surface area contributed by atoms with Crippen molar-refractivity contribution in [2.45, 2.75) is 38.6 Å². The van der Waals surface area contributed by atoms with Crippen molar-refractivity contribution in [2.24, 2.45) is 0 Å². The van der Waals surface area contributed by atoms with Crippen LogP contribution in [0.2, 0.25) is 0 Å². The molecule has 88 valence electrons. The second-order valence-electron chi connectivity index (χ2n) is 4.11. The van der Waals surface area contributed by atoms with E-state index in [-0.39, 0.29) is 0 Å². The van der Waals surface area contributed by atoms with Crippen LogP contribution in [0.15, 0.2) is 36.9 Å². The van der Waals surface area contributed by atoms with Gasteiger partial charge >= 0.3 is 0 Å². The second kappa shape index (κ2) is 7.24. The molecular weight excluding hydrogens is 194 g/mol. The molecule has 0 saturated heterocycles. The minimum atomic E-state index is 0.482. The zero-order valence-corrected chi connectivity index (χ0v) is 10.5. The van der Waals surface area contributed by atoms with E-state index in [0.717, 1.165) is 12.8 Å². The molecule has 1 N–H and O–H groups in total. The Morgan fingerprint density at radius 3 is 2.75 bits per heavy atom. The topological polar surface area (TPSA) is 12.0 Å². The molecule has 1 rings (SSSR count). The van der Waals surface area contributed by atoms with Gasteiger partial charge in [0.1, 0.15) is 0 Å². The lowest BCUT2D eigenvalue weighted by atomic mass is 9.95. The molecule has 0 bridgehead atoms. The fourth-order valence-electron chi connectivity index (χ4n) is 2.12. The Hall–Kier alpha value is -1.08. The van der Waals surface area contributed by atoms with E-state index in [2.05, 4.69) is 43.1 Å². The third-order valence-corrected chi connectivity index (χ3v) is 3.06. The number of rotatable bonds is 7. The Kier molecular flexibility index (Phi) is 5.87. The number of nitrogens with one attached hydrogen (secondary N) is 1. The van der Waals surface area contributed by atoms with Crippen molar-refractivity contribution in [3.8, 4) is 0 Å². The molecule has 1 nitrogen and oxygen atoms in total. The first-order valence-corrected chi connectivity index (χ1v) is 6.19. The van der Waals surface area contributed by atoms with E-state index in [0.29, 0.717) is 6.04 Å². The summed E-state index contributed by atoms with van der Waals surface area (Å²) in [6, 6.07) is 9.21. The van der Waals surface area contributed by atoms with E-state index >= 15 is 0 Å². The van der Waals surface area contributed by atoms with E-state index in [1.54, 1.807) is 0 Å². The van der Waals surface area contributed by atoms with Crippen LogP contribution in [0.4, 0.5) is 0 Å². The average Bonchev–Trinajstić information content (AvgIpc) is 2.35. The Bertz CT molecular complexity index is 317. The first-order chi connectivity index (χ1) is 7.83. The van der Waals surface area contributed by atoms with Gasteiger partial charge in [-0.05, 0) is 43.9 Å². The molecule has 0 aliphatic heterocycles. The second-order valence-corrected chi connectivity index (χ2v) is 4.11. The molecule has 0 fully saturated rings.